The summed E-state index contributed by atoms with van der Waals surface area (Å²) in [6, 6.07) is 1.24. The summed E-state index contributed by atoms with van der Waals surface area (Å²) in [5, 5.41) is 12.5. The molecule has 0 unspecified atom stereocenters. The number of aryl methyl sites for hydroxylation is 1. The summed E-state index contributed by atoms with van der Waals surface area (Å²) in [5.74, 6) is 0.120. The Morgan fingerprint density at radius 3 is 3.04 bits per heavy atom. The summed E-state index contributed by atoms with van der Waals surface area (Å²) in [5.41, 5.74) is 5.39. The Balaban J connectivity index is 1.97. The van der Waals surface area contributed by atoms with E-state index < -0.39 is 5.56 Å². The number of carbonyl (C=O) groups is 1. The van der Waals surface area contributed by atoms with Crippen molar-refractivity contribution >= 4 is 40.0 Å². The fourth-order valence-corrected chi connectivity index (χ4v) is 3.56. The van der Waals surface area contributed by atoms with Crippen molar-refractivity contribution in [1.29, 1.82) is 0 Å². The molecule has 0 fully saturated rings. The number of nitrogens with one attached hydrogen (secondary N) is 1. The second-order valence-electron chi connectivity index (χ2n) is 5.14. The van der Waals surface area contributed by atoms with E-state index in [1.54, 1.807) is 10.6 Å². The molecule has 25 heavy (non-hydrogen) atoms. The number of amides is 1. The molecule has 0 radical (unpaired) electrons. The van der Waals surface area contributed by atoms with Crippen molar-refractivity contribution < 1.29 is 4.79 Å². The second kappa shape index (κ2) is 9.33. The molecular formula is C15H20N6O2S2. The van der Waals surface area contributed by atoms with Crippen molar-refractivity contribution in [3.05, 3.63) is 34.1 Å². The van der Waals surface area contributed by atoms with Gasteiger partial charge >= 0.3 is 0 Å². The number of nitrogens with zero attached hydrogens (tertiary/aromatic N) is 4. The SMILES string of the molecule is C=CCn1c(N)cc(=O)nc1SCC(=O)Nc1nnc(CCCC)s1. The van der Waals surface area contributed by atoms with E-state index in [4.69, 9.17) is 5.73 Å². The Morgan fingerprint density at radius 1 is 1.52 bits per heavy atom. The zero-order chi connectivity index (χ0) is 18.2. The molecule has 2 rings (SSSR count). The minimum atomic E-state index is -0.439. The first kappa shape index (κ1) is 19.1. The largest absolute Gasteiger partial charge is 0.385 e. The van der Waals surface area contributed by atoms with E-state index in [2.05, 4.69) is 34.0 Å². The van der Waals surface area contributed by atoms with Crippen LogP contribution in [0.3, 0.4) is 0 Å². The monoisotopic (exact) mass is 380 g/mol. The zero-order valence-corrected chi connectivity index (χ0v) is 15.5. The molecule has 0 saturated carbocycles. The average Bonchev–Trinajstić information content (AvgIpc) is 3.01. The number of anilines is 2. The fraction of sp³-hybridized carbons (Fsp3) is 0.400. The summed E-state index contributed by atoms with van der Waals surface area (Å²) in [6.07, 6.45) is 4.63. The van der Waals surface area contributed by atoms with Crippen LogP contribution in [0.2, 0.25) is 0 Å². The van der Waals surface area contributed by atoms with Crippen molar-refractivity contribution in [3.63, 3.8) is 0 Å². The van der Waals surface area contributed by atoms with Gasteiger partial charge in [-0.25, -0.2) is 0 Å². The highest BCUT2D eigenvalue weighted by Crippen LogP contribution is 2.20. The standard InChI is InChI=1S/C15H20N6O2S2/c1-3-5-6-13-19-20-14(25-13)17-12(23)9-24-15-18-11(22)8-10(16)21(15)7-4-2/h4,8H,2-3,5-7,9,16H2,1H3,(H,17,20,23). The van der Waals surface area contributed by atoms with Gasteiger partial charge in [0.15, 0.2) is 5.16 Å². The van der Waals surface area contributed by atoms with Crippen LogP contribution in [0.1, 0.15) is 24.8 Å². The molecule has 2 aromatic rings. The number of unbranched alkanes of at least 4 members (excludes halogenated alkanes) is 1. The molecule has 0 aromatic carbocycles. The molecule has 2 aromatic heterocycles. The quantitative estimate of drug-likeness (QED) is 0.388. The average molecular weight is 380 g/mol. The highest BCUT2D eigenvalue weighted by atomic mass is 32.2. The highest BCUT2D eigenvalue weighted by Gasteiger charge is 2.12. The van der Waals surface area contributed by atoms with E-state index in [0.717, 1.165) is 36.0 Å². The third kappa shape index (κ3) is 5.68. The van der Waals surface area contributed by atoms with Gasteiger partial charge in [0, 0.05) is 19.0 Å². The number of rotatable bonds is 9. The van der Waals surface area contributed by atoms with Crippen LogP contribution >= 0.6 is 23.1 Å². The molecule has 1 amide bonds. The third-order valence-corrected chi connectivity index (χ3v) is 5.00. The molecule has 0 spiro atoms. The summed E-state index contributed by atoms with van der Waals surface area (Å²) in [6.45, 7) is 6.16. The summed E-state index contributed by atoms with van der Waals surface area (Å²) in [7, 11) is 0. The Labute approximate surface area is 153 Å². The van der Waals surface area contributed by atoms with Gasteiger partial charge in [-0.3, -0.25) is 14.9 Å². The number of hydrogen-bond acceptors (Lipinski definition) is 8. The van der Waals surface area contributed by atoms with Crippen molar-refractivity contribution in [2.24, 2.45) is 0 Å². The van der Waals surface area contributed by atoms with Crippen molar-refractivity contribution in [2.45, 2.75) is 37.9 Å². The van der Waals surface area contributed by atoms with Gasteiger partial charge in [-0.15, -0.1) is 16.8 Å². The smallest absolute Gasteiger partial charge is 0.275 e. The lowest BCUT2D eigenvalue weighted by Crippen LogP contribution is -2.19. The van der Waals surface area contributed by atoms with E-state index in [1.807, 2.05) is 0 Å². The first-order valence-electron chi connectivity index (χ1n) is 7.76. The molecule has 0 aliphatic rings. The maximum Gasteiger partial charge on any atom is 0.275 e. The topological polar surface area (TPSA) is 116 Å². The van der Waals surface area contributed by atoms with Crippen LogP contribution in [0.4, 0.5) is 10.9 Å². The van der Waals surface area contributed by atoms with Crippen LogP contribution in [0, 0.1) is 0 Å². The molecule has 2 heterocycles. The van der Waals surface area contributed by atoms with Crippen LogP contribution in [-0.4, -0.2) is 31.4 Å². The maximum absolute atomic E-state index is 12.1. The lowest BCUT2D eigenvalue weighted by Gasteiger charge is -2.12. The lowest BCUT2D eigenvalue weighted by molar-refractivity contribution is -0.113. The Bertz CT molecular complexity index is 802. The minimum absolute atomic E-state index is 0.0803. The number of thioether (sulfide) groups is 1. The molecule has 134 valence electrons. The van der Waals surface area contributed by atoms with Gasteiger partial charge in [-0.05, 0) is 6.42 Å². The molecule has 0 bridgehead atoms. The van der Waals surface area contributed by atoms with Crippen molar-refractivity contribution in [3.8, 4) is 0 Å². The van der Waals surface area contributed by atoms with Gasteiger partial charge in [0.2, 0.25) is 11.0 Å². The normalized spacial score (nSPS) is 10.6. The minimum Gasteiger partial charge on any atom is -0.385 e. The van der Waals surface area contributed by atoms with Gasteiger partial charge in [0.25, 0.3) is 5.56 Å². The van der Waals surface area contributed by atoms with E-state index in [1.165, 1.54) is 17.4 Å². The van der Waals surface area contributed by atoms with E-state index >= 15 is 0 Å². The zero-order valence-electron chi connectivity index (χ0n) is 13.9. The van der Waals surface area contributed by atoms with Gasteiger partial charge in [0.1, 0.15) is 10.8 Å². The maximum atomic E-state index is 12.1. The van der Waals surface area contributed by atoms with Crippen molar-refractivity contribution in [2.75, 3.05) is 16.8 Å². The van der Waals surface area contributed by atoms with Crippen LogP contribution < -0.4 is 16.6 Å². The van der Waals surface area contributed by atoms with E-state index in [0.29, 0.717) is 16.8 Å². The number of nitrogens with two attached hydrogens (primary N) is 1. The fourth-order valence-electron chi connectivity index (χ4n) is 1.94. The Morgan fingerprint density at radius 2 is 2.32 bits per heavy atom. The molecule has 0 aliphatic heterocycles. The van der Waals surface area contributed by atoms with E-state index in [-0.39, 0.29) is 17.5 Å². The Hall–Kier alpha value is -2.20. The number of hydrogen-bond donors (Lipinski definition) is 2. The first-order valence-corrected chi connectivity index (χ1v) is 9.57. The predicted octanol–water partition coefficient (Wildman–Crippen LogP) is 1.94. The van der Waals surface area contributed by atoms with Gasteiger partial charge in [-0.1, -0.05) is 42.5 Å². The number of allylic oxidation sites excluding steroid dienone is 1. The molecule has 0 atom stereocenters. The lowest BCUT2D eigenvalue weighted by atomic mass is 10.3. The number of nitrogen functional groups attached to an aromatic ring is 1. The second-order valence-corrected chi connectivity index (χ2v) is 7.15. The molecule has 0 aliphatic carbocycles. The van der Waals surface area contributed by atoms with Crippen LogP contribution in [0.15, 0.2) is 28.7 Å². The molecule has 8 nitrogen and oxygen atoms in total. The molecular weight excluding hydrogens is 360 g/mol. The van der Waals surface area contributed by atoms with Gasteiger partial charge in [0.05, 0.1) is 5.75 Å². The van der Waals surface area contributed by atoms with Crippen molar-refractivity contribution in [1.82, 2.24) is 19.7 Å². The summed E-state index contributed by atoms with van der Waals surface area (Å²) >= 11 is 2.50. The summed E-state index contributed by atoms with van der Waals surface area (Å²) < 4.78 is 1.63. The van der Waals surface area contributed by atoms with Gasteiger partial charge in [-0.2, -0.15) is 4.98 Å². The van der Waals surface area contributed by atoms with Crippen LogP contribution in [0.25, 0.3) is 0 Å². The highest BCUT2D eigenvalue weighted by molar-refractivity contribution is 7.99. The number of carbonyl (C=O) groups excluding carboxylic acids is 1. The molecule has 10 heteroatoms. The molecule has 0 saturated heterocycles. The molecule has 3 N–H and O–H groups in total. The van der Waals surface area contributed by atoms with Crippen LogP contribution in [0.5, 0.6) is 0 Å². The first-order chi connectivity index (χ1) is 12.0. The van der Waals surface area contributed by atoms with E-state index in [9.17, 15) is 9.59 Å². The van der Waals surface area contributed by atoms with Crippen LogP contribution in [-0.2, 0) is 17.8 Å². The van der Waals surface area contributed by atoms with Gasteiger partial charge < -0.3 is 10.3 Å². The predicted molar refractivity (Wildman–Crippen MR) is 101 cm³/mol. The summed E-state index contributed by atoms with van der Waals surface area (Å²) in [4.78, 5) is 27.5. The third-order valence-electron chi connectivity index (χ3n) is 3.12. The number of aromatic nitrogens is 4. The Kier molecular flexibility index (Phi) is 7.14.